The minimum Gasteiger partial charge on any atom is -0.466 e. The fourth-order valence-corrected chi connectivity index (χ4v) is 2.36. The first kappa shape index (κ1) is 13.5. The van der Waals surface area contributed by atoms with Crippen molar-refractivity contribution < 1.29 is 19.0 Å². The van der Waals surface area contributed by atoms with E-state index in [2.05, 4.69) is 13.8 Å². The van der Waals surface area contributed by atoms with Gasteiger partial charge in [-0.3, -0.25) is 4.79 Å². The van der Waals surface area contributed by atoms with Crippen LogP contribution in [-0.2, 0) is 19.0 Å². The van der Waals surface area contributed by atoms with Gasteiger partial charge in [-0.15, -0.1) is 0 Å². The third kappa shape index (κ3) is 2.95. The molecule has 94 valence electrons. The van der Waals surface area contributed by atoms with Crippen LogP contribution in [0, 0.1) is 17.3 Å². The predicted molar refractivity (Wildman–Crippen MR) is 59.8 cm³/mol. The van der Waals surface area contributed by atoms with Crippen LogP contribution in [0.4, 0.5) is 0 Å². The molecule has 0 bridgehead atoms. The van der Waals surface area contributed by atoms with Gasteiger partial charge in [-0.05, 0) is 11.3 Å². The van der Waals surface area contributed by atoms with Gasteiger partial charge in [0.05, 0.1) is 6.61 Å². The fourth-order valence-electron chi connectivity index (χ4n) is 2.36. The van der Waals surface area contributed by atoms with E-state index in [1.807, 2.05) is 0 Å². The summed E-state index contributed by atoms with van der Waals surface area (Å²) in [4.78, 5) is 10.8. The largest absolute Gasteiger partial charge is 0.466 e. The third-order valence-corrected chi connectivity index (χ3v) is 3.73. The van der Waals surface area contributed by atoms with Crippen LogP contribution in [0.1, 0.15) is 27.2 Å². The van der Waals surface area contributed by atoms with Crippen LogP contribution in [0.3, 0.4) is 0 Å². The highest BCUT2D eigenvalue weighted by Crippen LogP contribution is 2.60. The van der Waals surface area contributed by atoms with Crippen molar-refractivity contribution in [2.24, 2.45) is 17.3 Å². The average Bonchev–Trinajstić information content (AvgIpc) is 2.73. The van der Waals surface area contributed by atoms with Gasteiger partial charge in [0.25, 0.3) is 0 Å². The lowest BCUT2D eigenvalue weighted by Gasteiger charge is -2.13. The third-order valence-electron chi connectivity index (χ3n) is 3.73. The van der Waals surface area contributed by atoms with Crippen LogP contribution < -0.4 is 0 Å². The number of hydrogen-bond acceptors (Lipinski definition) is 4. The summed E-state index contributed by atoms with van der Waals surface area (Å²) in [5.74, 6) is 0.706. The maximum absolute atomic E-state index is 10.8. The van der Waals surface area contributed by atoms with Crippen molar-refractivity contribution in [2.45, 2.75) is 33.5 Å². The minimum absolute atomic E-state index is 0.161. The Hall–Kier alpha value is -0.610. The summed E-state index contributed by atoms with van der Waals surface area (Å²) in [6, 6.07) is 0. The lowest BCUT2D eigenvalue weighted by molar-refractivity contribution is -0.141. The average molecular weight is 230 g/mol. The second-order valence-corrected chi connectivity index (χ2v) is 4.97. The molecule has 0 spiro atoms. The Balaban J connectivity index is 2.40. The number of esters is 1. The first-order valence-corrected chi connectivity index (χ1v) is 5.62. The molecule has 1 aliphatic rings. The normalized spacial score (nSPS) is 26.9. The van der Waals surface area contributed by atoms with Crippen LogP contribution in [-0.4, -0.2) is 33.1 Å². The van der Waals surface area contributed by atoms with E-state index in [0.29, 0.717) is 18.4 Å². The summed E-state index contributed by atoms with van der Waals surface area (Å²) in [6.07, 6.45) is 0.693. The number of carbonyl (C=O) groups is 1. The van der Waals surface area contributed by atoms with E-state index in [4.69, 9.17) is 14.2 Å². The lowest BCUT2D eigenvalue weighted by Crippen LogP contribution is -2.15. The molecule has 0 heterocycles. The SMILES string of the molecule is COC(CC1[C@@H](COC(C)=O)C1(C)C)OC. The van der Waals surface area contributed by atoms with E-state index < -0.39 is 0 Å². The highest BCUT2D eigenvalue weighted by Gasteiger charge is 2.58. The van der Waals surface area contributed by atoms with Crippen molar-refractivity contribution in [1.29, 1.82) is 0 Å². The van der Waals surface area contributed by atoms with Crippen molar-refractivity contribution in [3.05, 3.63) is 0 Å². The van der Waals surface area contributed by atoms with E-state index in [0.717, 1.165) is 6.42 Å². The smallest absolute Gasteiger partial charge is 0.302 e. The molecule has 0 aromatic heterocycles. The van der Waals surface area contributed by atoms with Gasteiger partial charge >= 0.3 is 5.97 Å². The standard InChI is InChI=1S/C12H22O4/c1-8(13)16-7-10-9(12(10,2)3)6-11(14-4)15-5/h9-11H,6-7H2,1-5H3/t9?,10-/m1/s1. The summed E-state index contributed by atoms with van der Waals surface area (Å²) >= 11 is 0. The Morgan fingerprint density at radius 1 is 1.25 bits per heavy atom. The van der Waals surface area contributed by atoms with E-state index in [-0.39, 0.29) is 17.7 Å². The van der Waals surface area contributed by atoms with Crippen LogP contribution in [0.15, 0.2) is 0 Å². The van der Waals surface area contributed by atoms with E-state index in [9.17, 15) is 4.79 Å². The Morgan fingerprint density at radius 2 is 1.81 bits per heavy atom. The molecule has 16 heavy (non-hydrogen) atoms. The van der Waals surface area contributed by atoms with Crippen LogP contribution in [0.25, 0.3) is 0 Å². The molecule has 4 heteroatoms. The summed E-state index contributed by atoms with van der Waals surface area (Å²) in [7, 11) is 3.29. The van der Waals surface area contributed by atoms with Gasteiger partial charge in [0, 0.05) is 33.5 Å². The second kappa shape index (κ2) is 5.15. The molecule has 1 rings (SSSR count). The molecule has 0 aromatic carbocycles. The summed E-state index contributed by atoms with van der Waals surface area (Å²) < 4.78 is 15.4. The highest BCUT2D eigenvalue weighted by molar-refractivity contribution is 5.65. The zero-order valence-corrected chi connectivity index (χ0v) is 10.8. The van der Waals surface area contributed by atoms with Crippen molar-refractivity contribution in [3.8, 4) is 0 Å². The zero-order valence-electron chi connectivity index (χ0n) is 10.8. The number of carbonyl (C=O) groups excluding carboxylic acids is 1. The summed E-state index contributed by atoms with van der Waals surface area (Å²) in [5.41, 5.74) is 0.213. The maximum Gasteiger partial charge on any atom is 0.302 e. The number of methoxy groups -OCH3 is 2. The van der Waals surface area contributed by atoms with Crippen molar-refractivity contribution in [2.75, 3.05) is 20.8 Å². The molecule has 0 N–H and O–H groups in total. The van der Waals surface area contributed by atoms with Gasteiger partial charge in [0.15, 0.2) is 6.29 Å². The molecule has 0 radical (unpaired) electrons. The minimum atomic E-state index is -0.212. The zero-order chi connectivity index (χ0) is 12.3. The monoisotopic (exact) mass is 230 g/mol. The van der Waals surface area contributed by atoms with Gasteiger partial charge in [0.2, 0.25) is 0 Å². The molecule has 1 aliphatic carbocycles. The van der Waals surface area contributed by atoms with Gasteiger partial charge in [-0.2, -0.15) is 0 Å². The molecule has 0 saturated heterocycles. The van der Waals surface area contributed by atoms with Gasteiger partial charge < -0.3 is 14.2 Å². The van der Waals surface area contributed by atoms with Gasteiger partial charge in [-0.25, -0.2) is 0 Å². The van der Waals surface area contributed by atoms with Crippen molar-refractivity contribution in [1.82, 2.24) is 0 Å². The Labute approximate surface area is 97.2 Å². The van der Waals surface area contributed by atoms with Gasteiger partial charge in [-0.1, -0.05) is 13.8 Å². The number of rotatable bonds is 6. The lowest BCUT2D eigenvalue weighted by atomic mass is 10.1. The molecule has 0 aromatic rings. The first-order valence-electron chi connectivity index (χ1n) is 5.62. The van der Waals surface area contributed by atoms with Crippen LogP contribution in [0.2, 0.25) is 0 Å². The summed E-state index contributed by atoms with van der Waals surface area (Å²) in [5, 5.41) is 0. The maximum atomic E-state index is 10.8. The van der Waals surface area contributed by atoms with Crippen LogP contribution >= 0.6 is 0 Å². The Kier molecular flexibility index (Phi) is 4.33. The summed E-state index contributed by atoms with van der Waals surface area (Å²) in [6.45, 7) is 6.33. The second-order valence-electron chi connectivity index (χ2n) is 4.97. The first-order chi connectivity index (χ1) is 7.43. The molecule has 1 unspecified atom stereocenters. The molecule has 0 amide bonds. The highest BCUT2D eigenvalue weighted by atomic mass is 16.7. The molecule has 2 atom stereocenters. The molecule has 1 saturated carbocycles. The molecular formula is C12H22O4. The predicted octanol–water partition coefficient (Wildman–Crippen LogP) is 1.83. The molecule has 4 nitrogen and oxygen atoms in total. The van der Waals surface area contributed by atoms with Crippen molar-refractivity contribution in [3.63, 3.8) is 0 Å². The van der Waals surface area contributed by atoms with E-state index in [1.165, 1.54) is 6.92 Å². The van der Waals surface area contributed by atoms with E-state index in [1.54, 1.807) is 14.2 Å². The topological polar surface area (TPSA) is 44.8 Å². The molecule has 0 aliphatic heterocycles. The Bertz CT molecular complexity index is 245. The quantitative estimate of drug-likeness (QED) is 0.516. The fraction of sp³-hybridized carbons (Fsp3) is 0.917. The Morgan fingerprint density at radius 3 is 2.25 bits per heavy atom. The van der Waals surface area contributed by atoms with E-state index >= 15 is 0 Å². The van der Waals surface area contributed by atoms with Crippen LogP contribution in [0.5, 0.6) is 0 Å². The van der Waals surface area contributed by atoms with Crippen molar-refractivity contribution >= 4 is 5.97 Å². The molecular weight excluding hydrogens is 208 g/mol. The molecule has 1 fully saturated rings. The number of hydrogen-bond donors (Lipinski definition) is 0. The van der Waals surface area contributed by atoms with Gasteiger partial charge in [0.1, 0.15) is 0 Å². The number of ether oxygens (including phenoxy) is 3.